The number of amides is 4. The van der Waals surface area contributed by atoms with Crippen molar-refractivity contribution in [3.63, 3.8) is 0 Å². The quantitative estimate of drug-likeness (QED) is 0.149. The van der Waals surface area contributed by atoms with Crippen molar-refractivity contribution in [2.75, 3.05) is 36.7 Å². The predicted molar refractivity (Wildman–Crippen MR) is 225 cm³/mol. The lowest BCUT2D eigenvalue weighted by atomic mass is 10.0. The molecule has 15 nitrogen and oxygen atoms in total. The van der Waals surface area contributed by atoms with Crippen LogP contribution in [0.4, 0.5) is 34.3 Å². The summed E-state index contributed by atoms with van der Waals surface area (Å²) in [5.41, 5.74) is 2.04. The molecule has 6 rings (SSSR count). The fraction of sp³-hybridized carbons (Fsp3) is 0.455. The van der Waals surface area contributed by atoms with E-state index in [1.165, 1.54) is 31.5 Å². The number of hydroxylamine groups is 1. The number of aromatic amines is 1. The SMILES string of the molecule is COC(=O)NC(C(=O)N1CCCC1c1ncc(-c2ccc(-c3ccc(N(OC(F)(F)F)C(=O)c4ccc(N5C[C@H](C)N(C(=O)OC(C)(C)C)C[C@H]5C)nc4)cc3)cc2)[nH]1)C(C)C. The van der Waals surface area contributed by atoms with Gasteiger partial charge in [-0.15, -0.1) is 13.2 Å². The molecule has 4 aromatic rings. The predicted octanol–water partition coefficient (Wildman–Crippen LogP) is 8.12. The average molecular weight is 863 g/mol. The van der Waals surface area contributed by atoms with Crippen LogP contribution >= 0.6 is 0 Å². The number of rotatable bonds is 10. The highest BCUT2D eigenvalue weighted by molar-refractivity contribution is 6.04. The topological polar surface area (TPSA) is 163 Å². The van der Waals surface area contributed by atoms with E-state index in [0.717, 1.165) is 23.2 Å². The molecule has 0 bridgehead atoms. The Kier molecular flexibility index (Phi) is 13.5. The highest BCUT2D eigenvalue weighted by Crippen LogP contribution is 2.34. The summed E-state index contributed by atoms with van der Waals surface area (Å²) in [5.74, 6) is -0.328. The van der Waals surface area contributed by atoms with E-state index in [-0.39, 0.29) is 46.3 Å². The Morgan fingerprint density at radius 1 is 0.855 bits per heavy atom. The fourth-order valence-corrected chi connectivity index (χ4v) is 7.61. The van der Waals surface area contributed by atoms with Gasteiger partial charge in [0.25, 0.3) is 5.91 Å². The van der Waals surface area contributed by atoms with Crippen LogP contribution in [-0.4, -0.2) is 106 Å². The van der Waals surface area contributed by atoms with Gasteiger partial charge in [-0.05, 0) is 94.3 Å². The van der Waals surface area contributed by atoms with E-state index in [2.05, 4.69) is 25.1 Å². The number of nitrogens with zero attached hydrogens (tertiary/aromatic N) is 6. The molecule has 2 unspecified atom stereocenters. The highest BCUT2D eigenvalue weighted by atomic mass is 19.4. The minimum absolute atomic E-state index is 0.129. The Morgan fingerprint density at radius 3 is 2.08 bits per heavy atom. The Bertz CT molecular complexity index is 2210. The van der Waals surface area contributed by atoms with Crippen molar-refractivity contribution in [3.05, 3.63) is 84.4 Å². The molecule has 0 spiro atoms. The van der Waals surface area contributed by atoms with Crippen LogP contribution in [0.3, 0.4) is 0 Å². The molecule has 4 atom stereocenters. The van der Waals surface area contributed by atoms with Gasteiger partial charge in [0.2, 0.25) is 5.91 Å². The van der Waals surface area contributed by atoms with Crippen LogP contribution in [0.5, 0.6) is 0 Å². The number of methoxy groups -OCH3 is 1. The second kappa shape index (κ2) is 18.4. The number of alkyl carbamates (subject to hydrolysis) is 1. The number of hydrogen-bond donors (Lipinski definition) is 2. The number of nitrogens with one attached hydrogen (secondary N) is 2. The number of H-pyrrole nitrogens is 1. The van der Waals surface area contributed by atoms with Crippen molar-refractivity contribution in [1.29, 1.82) is 0 Å². The third-order valence-corrected chi connectivity index (χ3v) is 10.8. The molecular weight excluding hydrogens is 810 g/mol. The maximum Gasteiger partial charge on any atom is 0.544 e. The van der Waals surface area contributed by atoms with Gasteiger partial charge in [0.15, 0.2) is 0 Å². The summed E-state index contributed by atoms with van der Waals surface area (Å²) in [6, 6.07) is 14.9. The van der Waals surface area contributed by atoms with E-state index in [0.29, 0.717) is 43.3 Å². The molecule has 4 amide bonds. The lowest BCUT2D eigenvalue weighted by Crippen LogP contribution is -2.59. The molecule has 0 saturated carbocycles. The number of aromatic nitrogens is 3. The number of likely N-dealkylation sites (tertiary alicyclic amines) is 1. The van der Waals surface area contributed by atoms with Crippen LogP contribution in [-0.2, 0) is 19.1 Å². The van der Waals surface area contributed by atoms with E-state index in [1.807, 2.05) is 56.9 Å². The second-order valence-electron chi connectivity index (χ2n) is 16.9. The summed E-state index contributed by atoms with van der Waals surface area (Å²) in [6.07, 6.45) is -1.89. The van der Waals surface area contributed by atoms with Gasteiger partial charge in [0.1, 0.15) is 23.3 Å². The molecule has 2 fully saturated rings. The molecule has 2 aliphatic heterocycles. The van der Waals surface area contributed by atoms with Crippen LogP contribution in [0.2, 0.25) is 0 Å². The normalized spacial score (nSPS) is 18.7. The fourth-order valence-electron chi connectivity index (χ4n) is 7.61. The summed E-state index contributed by atoms with van der Waals surface area (Å²) in [6.45, 7) is 14.2. The zero-order chi connectivity index (χ0) is 45.1. The zero-order valence-electron chi connectivity index (χ0n) is 36.0. The summed E-state index contributed by atoms with van der Waals surface area (Å²) < 4.78 is 51.4. The number of imidazole rings is 1. The molecule has 18 heteroatoms. The third-order valence-electron chi connectivity index (χ3n) is 10.8. The monoisotopic (exact) mass is 862 g/mol. The molecule has 332 valence electrons. The van der Waals surface area contributed by atoms with Crippen LogP contribution < -0.4 is 15.3 Å². The molecule has 2 aliphatic rings. The summed E-state index contributed by atoms with van der Waals surface area (Å²) in [4.78, 5) is 73.8. The average Bonchev–Trinajstić information content (AvgIpc) is 3.92. The van der Waals surface area contributed by atoms with Crippen LogP contribution in [0, 0.1) is 5.92 Å². The molecule has 2 aromatic heterocycles. The van der Waals surface area contributed by atoms with Crippen LogP contribution in [0.15, 0.2) is 73.1 Å². The van der Waals surface area contributed by atoms with Crippen LogP contribution in [0.25, 0.3) is 22.4 Å². The lowest BCUT2D eigenvalue weighted by molar-refractivity contribution is -0.325. The molecule has 0 radical (unpaired) electrons. The number of carbonyl (C=O) groups is 4. The number of halogens is 3. The minimum atomic E-state index is -5.17. The number of pyridine rings is 1. The highest BCUT2D eigenvalue weighted by Gasteiger charge is 2.39. The minimum Gasteiger partial charge on any atom is -0.453 e. The van der Waals surface area contributed by atoms with Crippen LogP contribution in [0.1, 0.15) is 83.5 Å². The van der Waals surface area contributed by atoms with Crippen molar-refractivity contribution >= 4 is 35.5 Å². The summed E-state index contributed by atoms with van der Waals surface area (Å²) in [5, 5.41) is 2.84. The van der Waals surface area contributed by atoms with Crippen molar-refractivity contribution in [2.45, 2.75) is 97.4 Å². The first-order chi connectivity index (χ1) is 29.2. The number of carbonyl (C=O) groups excluding carboxylic acids is 4. The summed E-state index contributed by atoms with van der Waals surface area (Å²) in [7, 11) is 1.25. The summed E-state index contributed by atoms with van der Waals surface area (Å²) >= 11 is 0. The number of alkyl halides is 3. The third kappa shape index (κ3) is 10.6. The number of hydrogen-bond acceptors (Lipinski definition) is 10. The van der Waals surface area contributed by atoms with E-state index >= 15 is 0 Å². The maximum absolute atomic E-state index is 13.7. The Hall–Kier alpha value is -6.17. The van der Waals surface area contributed by atoms with Gasteiger partial charge < -0.3 is 34.5 Å². The maximum atomic E-state index is 13.7. The van der Waals surface area contributed by atoms with E-state index in [9.17, 15) is 32.3 Å². The second-order valence-corrected chi connectivity index (χ2v) is 16.9. The van der Waals surface area contributed by atoms with Crippen molar-refractivity contribution in [3.8, 4) is 22.4 Å². The van der Waals surface area contributed by atoms with Crippen molar-refractivity contribution in [1.82, 2.24) is 30.1 Å². The molecule has 2 saturated heterocycles. The van der Waals surface area contributed by atoms with E-state index < -0.39 is 36.1 Å². The largest absolute Gasteiger partial charge is 0.544 e. The van der Waals surface area contributed by atoms with Crippen molar-refractivity contribution < 1.29 is 46.7 Å². The van der Waals surface area contributed by atoms with Gasteiger partial charge in [-0.1, -0.05) is 50.2 Å². The van der Waals surface area contributed by atoms with E-state index in [4.69, 9.17) is 9.47 Å². The lowest BCUT2D eigenvalue weighted by Gasteiger charge is -2.44. The number of piperazine rings is 1. The van der Waals surface area contributed by atoms with Gasteiger partial charge >= 0.3 is 18.5 Å². The number of benzene rings is 2. The smallest absolute Gasteiger partial charge is 0.453 e. The van der Waals surface area contributed by atoms with Gasteiger partial charge in [-0.25, -0.2) is 19.6 Å². The Balaban J connectivity index is 1.13. The Labute approximate surface area is 358 Å². The van der Waals surface area contributed by atoms with Gasteiger partial charge in [0.05, 0.1) is 36.3 Å². The first kappa shape index (κ1) is 45.4. The number of anilines is 2. The van der Waals surface area contributed by atoms with Crippen molar-refractivity contribution in [2.24, 2.45) is 5.92 Å². The van der Waals surface area contributed by atoms with Gasteiger partial charge in [-0.2, -0.15) is 9.90 Å². The first-order valence-corrected chi connectivity index (χ1v) is 20.5. The molecular formula is C44H53F3N8O7. The standard InChI is InChI=1S/C44H53F3N8O7/c1-26(2)37(51-41(58)60-8)40(57)52-21-9-10-35(52)38-49-23-34(50-38)31-13-11-29(12-14-31)30-15-18-33(19-16-30)55(62-44(45,46)47)39(56)32-17-20-36(48-22-32)53-24-28(4)54(25-27(53)3)42(59)61-43(5,6)7/h11-20,22-23,26-28,35,37H,9-10,21,24-25H2,1-8H3,(H,49,50)(H,51,58)/t27-,28+,35?,37?/m1/s1. The molecule has 2 N–H and O–H groups in total. The molecule has 2 aromatic carbocycles. The molecule has 4 heterocycles. The molecule has 0 aliphatic carbocycles. The van der Waals surface area contributed by atoms with E-state index in [1.54, 1.807) is 55.0 Å². The van der Waals surface area contributed by atoms with Gasteiger partial charge in [0, 0.05) is 37.9 Å². The number of ether oxygens (including phenoxy) is 2. The Morgan fingerprint density at radius 2 is 1.50 bits per heavy atom. The van der Waals surface area contributed by atoms with Gasteiger partial charge in [-0.3, -0.25) is 9.59 Å². The first-order valence-electron chi connectivity index (χ1n) is 20.5. The zero-order valence-corrected chi connectivity index (χ0v) is 36.0. The molecule has 62 heavy (non-hydrogen) atoms.